The first-order valence-electron chi connectivity index (χ1n) is 7.98. The fourth-order valence-electron chi connectivity index (χ4n) is 3.38. The number of ether oxygens (including phenoxy) is 1. The average molecular weight is 321 g/mol. The van der Waals surface area contributed by atoms with Gasteiger partial charge in [-0.05, 0) is 18.1 Å². The van der Waals surface area contributed by atoms with Crippen molar-refractivity contribution in [2.24, 2.45) is 0 Å². The van der Waals surface area contributed by atoms with Crippen LogP contribution in [0.5, 0.6) is 0 Å². The van der Waals surface area contributed by atoms with Crippen LogP contribution in [-0.4, -0.2) is 65.7 Å². The van der Waals surface area contributed by atoms with Crippen LogP contribution in [0.25, 0.3) is 0 Å². The van der Waals surface area contributed by atoms with E-state index in [0.717, 1.165) is 24.5 Å². The number of nitrogens with one attached hydrogen (secondary N) is 1. The topological polar surface area (TPSA) is 94.9 Å². The van der Waals surface area contributed by atoms with Gasteiger partial charge in [-0.1, -0.05) is 6.07 Å². The Balaban J connectivity index is 1.76. The van der Waals surface area contributed by atoms with Gasteiger partial charge in [0.25, 0.3) is 0 Å². The second-order valence-electron chi connectivity index (χ2n) is 6.18. The van der Waals surface area contributed by atoms with E-state index in [2.05, 4.69) is 15.2 Å². The van der Waals surface area contributed by atoms with Crippen LogP contribution in [0, 0.1) is 0 Å². The largest absolute Gasteiger partial charge is 0.390 e. The van der Waals surface area contributed by atoms with Gasteiger partial charge in [0, 0.05) is 32.1 Å². The van der Waals surface area contributed by atoms with Gasteiger partial charge in [-0.15, -0.1) is 0 Å². The first kappa shape index (κ1) is 16.2. The molecule has 1 amide bonds. The van der Waals surface area contributed by atoms with Crippen molar-refractivity contribution in [3.63, 3.8) is 0 Å². The lowest BCUT2D eigenvalue weighted by atomic mass is 9.95. The van der Waals surface area contributed by atoms with Gasteiger partial charge in [-0.25, -0.2) is 4.98 Å². The summed E-state index contributed by atoms with van der Waals surface area (Å²) in [6, 6.07) is 3.42. The van der Waals surface area contributed by atoms with Crippen LogP contribution >= 0.6 is 0 Å². The highest BCUT2D eigenvalue weighted by Crippen LogP contribution is 2.35. The Bertz CT molecular complexity index is 545. The van der Waals surface area contributed by atoms with Crippen molar-refractivity contribution in [2.45, 2.75) is 37.5 Å². The van der Waals surface area contributed by atoms with E-state index >= 15 is 0 Å². The van der Waals surface area contributed by atoms with Gasteiger partial charge in [0.1, 0.15) is 11.9 Å². The minimum atomic E-state index is -0.956. The minimum Gasteiger partial charge on any atom is -0.390 e. The first-order valence-corrected chi connectivity index (χ1v) is 7.98. The Morgan fingerprint density at radius 3 is 2.70 bits per heavy atom. The molecule has 23 heavy (non-hydrogen) atoms. The fraction of sp³-hybridized carbons (Fsp3) is 0.625. The van der Waals surface area contributed by atoms with Crippen molar-refractivity contribution in [3.05, 3.63) is 23.9 Å². The van der Waals surface area contributed by atoms with Crippen molar-refractivity contribution < 1.29 is 19.7 Å². The summed E-state index contributed by atoms with van der Waals surface area (Å²) in [5.74, 6) is 0.536. The van der Waals surface area contributed by atoms with Crippen LogP contribution in [0.3, 0.4) is 0 Å². The molecule has 1 aromatic rings. The lowest BCUT2D eigenvalue weighted by Crippen LogP contribution is -2.44. The minimum absolute atomic E-state index is 0.143. The van der Waals surface area contributed by atoms with E-state index in [1.165, 1.54) is 6.92 Å². The van der Waals surface area contributed by atoms with E-state index in [9.17, 15) is 15.0 Å². The normalized spacial score (nSPS) is 31.2. The highest BCUT2D eigenvalue weighted by Gasteiger charge is 2.42. The highest BCUT2D eigenvalue weighted by molar-refractivity contribution is 5.73. The second kappa shape index (κ2) is 6.82. The Hall–Kier alpha value is -1.70. The maximum atomic E-state index is 11.4. The number of amides is 1. The smallest absolute Gasteiger partial charge is 0.217 e. The van der Waals surface area contributed by atoms with E-state index in [1.807, 2.05) is 12.1 Å². The number of aliphatic hydroxyl groups excluding tert-OH is 2. The highest BCUT2D eigenvalue weighted by atomic mass is 16.5. The Morgan fingerprint density at radius 1 is 1.35 bits per heavy atom. The molecule has 1 aliphatic heterocycles. The molecule has 0 aromatic carbocycles. The summed E-state index contributed by atoms with van der Waals surface area (Å²) in [7, 11) is 0. The van der Waals surface area contributed by atoms with Crippen LogP contribution < -0.4 is 10.2 Å². The number of carbonyl (C=O) groups excluding carboxylic acids is 1. The lowest BCUT2D eigenvalue weighted by Gasteiger charge is -2.28. The Kier molecular flexibility index (Phi) is 4.79. The SMILES string of the molecule is CC(=O)NC1C(c2ccc(N3CCOCC3)nc2)CC(O)C1O. The first-order chi connectivity index (χ1) is 11.1. The summed E-state index contributed by atoms with van der Waals surface area (Å²) in [5.41, 5.74) is 0.913. The molecule has 1 aliphatic carbocycles. The number of carbonyl (C=O) groups is 1. The molecule has 4 atom stereocenters. The van der Waals surface area contributed by atoms with Gasteiger partial charge in [0.05, 0.1) is 25.4 Å². The number of anilines is 1. The zero-order valence-electron chi connectivity index (χ0n) is 13.2. The molecule has 2 fully saturated rings. The molecule has 3 rings (SSSR count). The Labute approximate surface area is 135 Å². The van der Waals surface area contributed by atoms with Crippen LogP contribution in [-0.2, 0) is 9.53 Å². The van der Waals surface area contributed by atoms with Gasteiger partial charge in [-0.3, -0.25) is 4.79 Å². The van der Waals surface area contributed by atoms with Gasteiger partial charge in [-0.2, -0.15) is 0 Å². The van der Waals surface area contributed by atoms with Gasteiger partial charge < -0.3 is 25.2 Å². The monoisotopic (exact) mass is 321 g/mol. The summed E-state index contributed by atoms with van der Waals surface area (Å²) >= 11 is 0. The molecule has 1 saturated heterocycles. The van der Waals surface area contributed by atoms with Crippen LogP contribution in [0.4, 0.5) is 5.82 Å². The number of hydrogen-bond donors (Lipinski definition) is 3. The third kappa shape index (κ3) is 3.46. The van der Waals surface area contributed by atoms with Crippen LogP contribution in [0.2, 0.25) is 0 Å². The molecule has 126 valence electrons. The molecule has 2 aliphatic rings. The molecule has 2 heterocycles. The zero-order chi connectivity index (χ0) is 16.4. The van der Waals surface area contributed by atoms with Gasteiger partial charge >= 0.3 is 0 Å². The van der Waals surface area contributed by atoms with Crippen molar-refractivity contribution in [1.82, 2.24) is 10.3 Å². The van der Waals surface area contributed by atoms with Gasteiger partial charge in [0.2, 0.25) is 5.91 Å². The summed E-state index contributed by atoms with van der Waals surface area (Å²) in [6.45, 7) is 4.46. The van der Waals surface area contributed by atoms with Crippen molar-refractivity contribution >= 4 is 11.7 Å². The predicted octanol–water partition coefficient (Wildman–Crippen LogP) is -0.368. The maximum absolute atomic E-state index is 11.4. The van der Waals surface area contributed by atoms with Crippen LogP contribution in [0.1, 0.15) is 24.8 Å². The van der Waals surface area contributed by atoms with Crippen molar-refractivity contribution in [3.8, 4) is 0 Å². The van der Waals surface area contributed by atoms with Crippen LogP contribution in [0.15, 0.2) is 18.3 Å². The quantitative estimate of drug-likeness (QED) is 0.703. The second-order valence-corrected chi connectivity index (χ2v) is 6.18. The number of rotatable bonds is 3. The average Bonchev–Trinajstić information content (AvgIpc) is 2.84. The molecule has 4 unspecified atom stereocenters. The molecule has 0 bridgehead atoms. The molecule has 0 radical (unpaired) electrons. The van der Waals surface area contributed by atoms with E-state index in [1.54, 1.807) is 6.20 Å². The van der Waals surface area contributed by atoms with Gasteiger partial charge in [0.15, 0.2) is 0 Å². The van der Waals surface area contributed by atoms with E-state index in [-0.39, 0.29) is 11.8 Å². The number of pyridine rings is 1. The maximum Gasteiger partial charge on any atom is 0.217 e. The summed E-state index contributed by atoms with van der Waals surface area (Å²) in [5, 5.41) is 22.8. The van der Waals surface area contributed by atoms with E-state index in [4.69, 9.17) is 4.74 Å². The van der Waals surface area contributed by atoms with Crippen molar-refractivity contribution in [1.29, 1.82) is 0 Å². The molecule has 1 saturated carbocycles. The third-order valence-electron chi connectivity index (χ3n) is 4.59. The number of aromatic nitrogens is 1. The number of hydrogen-bond acceptors (Lipinski definition) is 6. The van der Waals surface area contributed by atoms with Crippen molar-refractivity contribution in [2.75, 3.05) is 31.2 Å². The molecular weight excluding hydrogens is 298 g/mol. The van der Waals surface area contributed by atoms with E-state index in [0.29, 0.717) is 19.6 Å². The zero-order valence-corrected chi connectivity index (χ0v) is 13.2. The molecule has 7 nitrogen and oxygen atoms in total. The summed E-state index contributed by atoms with van der Waals surface area (Å²) < 4.78 is 5.34. The predicted molar refractivity (Wildman–Crippen MR) is 84.2 cm³/mol. The number of morpholine rings is 1. The molecular formula is C16H23N3O4. The molecule has 0 spiro atoms. The standard InChI is InChI=1S/C16H23N3O4/c1-10(20)18-15-12(8-13(21)16(15)22)11-2-3-14(17-9-11)19-4-6-23-7-5-19/h2-3,9,12-13,15-16,21-22H,4-8H2,1H3,(H,18,20). The molecule has 3 N–H and O–H groups in total. The third-order valence-corrected chi connectivity index (χ3v) is 4.59. The lowest BCUT2D eigenvalue weighted by molar-refractivity contribution is -0.120. The number of nitrogens with zero attached hydrogens (tertiary/aromatic N) is 2. The summed E-state index contributed by atoms with van der Waals surface area (Å²) in [6.07, 6.45) is 0.387. The number of aliphatic hydroxyl groups is 2. The molecule has 1 aromatic heterocycles. The Morgan fingerprint density at radius 2 is 2.09 bits per heavy atom. The van der Waals surface area contributed by atoms with E-state index < -0.39 is 18.2 Å². The molecule has 7 heteroatoms. The summed E-state index contributed by atoms with van der Waals surface area (Å²) in [4.78, 5) is 18.0. The fourth-order valence-corrected chi connectivity index (χ4v) is 3.38.